The number of benzene rings is 2. The van der Waals surface area contributed by atoms with Crippen LogP contribution in [0.1, 0.15) is 50.2 Å². The Bertz CT molecular complexity index is 1260. The number of aromatic hydroxyl groups is 1. The lowest BCUT2D eigenvalue weighted by Gasteiger charge is -2.49. The summed E-state index contributed by atoms with van der Waals surface area (Å²) < 4.78 is 6.36. The summed E-state index contributed by atoms with van der Waals surface area (Å²) in [6.07, 6.45) is 12.5. The molecule has 1 N–H and O–H groups in total. The fourth-order valence-electron chi connectivity index (χ4n) is 6.14. The number of allylic oxidation sites excluding steroid dienone is 3. The molecule has 0 spiro atoms. The molecule has 0 aromatic heterocycles. The van der Waals surface area contributed by atoms with E-state index in [0.717, 1.165) is 55.6 Å². The van der Waals surface area contributed by atoms with E-state index in [-0.39, 0.29) is 16.0 Å². The van der Waals surface area contributed by atoms with Crippen molar-refractivity contribution in [3.63, 3.8) is 0 Å². The molecule has 2 aromatic carbocycles. The summed E-state index contributed by atoms with van der Waals surface area (Å²) in [5, 5.41) is 9.95. The Morgan fingerprint density at radius 3 is 2.94 bits per heavy atom. The number of phenols is 1. The van der Waals surface area contributed by atoms with Crippen molar-refractivity contribution in [2.45, 2.75) is 49.3 Å². The van der Waals surface area contributed by atoms with Gasteiger partial charge in [-0.05, 0) is 78.5 Å². The Morgan fingerprint density at radius 2 is 2.06 bits per heavy atom. The predicted octanol–water partition coefficient (Wildman–Crippen LogP) is 6.36. The Kier molecular flexibility index (Phi) is 5.14. The molecule has 174 valence electrons. The van der Waals surface area contributed by atoms with Gasteiger partial charge in [0.25, 0.3) is 0 Å². The molecule has 5 heteroatoms. The van der Waals surface area contributed by atoms with E-state index in [0.29, 0.717) is 12.2 Å². The van der Waals surface area contributed by atoms with Crippen LogP contribution in [0.3, 0.4) is 0 Å². The van der Waals surface area contributed by atoms with Crippen LogP contribution in [0.15, 0.2) is 71.5 Å². The van der Waals surface area contributed by atoms with Crippen LogP contribution < -0.4 is 9.64 Å². The molecule has 1 fully saturated rings. The minimum absolute atomic E-state index is 0.214. The fourth-order valence-corrected chi connectivity index (χ4v) is 7.74. The number of phenolic OH excluding ortho intramolecular Hbond substituents is 1. The average Bonchev–Trinajstić information content (AvgIpc) is 3.07. The zero-order valence-corrected chi connectivity index (χ0v) is 20.2. The molecule has 0 amide bonds. The highest BCUT2D eigenvalue weighted by Crippen LogP contribution is 2.60. The van der Waals surface area contributed by atoms with Gasteiger partial charge in [0.15, 0.2) is 0 Å². The Hall–Kier alpha value is -2.92. The van der Waals surface area contributed by atoms with Crippen molar-refractivity contribution in [3.8, 4) is 11.5 Å². The number of carbonyl (C=O) groups is 1. The van der Waals surface area contributed by atoms with Gasteiger partial charge in [-0.15, -0.1) is 11.8 Å². The molecule has 34 heavy (non-hydrogen) atoms. The second-order valence-electron chi connectivity index (χ2n) is 9.81. The van der Waals surface area contributed by atoms with Crippen LogP contribution in [0.25, 0.3) is 6.08 Å². The third kappa shape index (κ3) is 3.09. The molecule has 2 unspecified atom stereocenters. The number of para-hydroxylation sites is 1. The number of carbonyl (C=O) groups excluding carboxylic acids is 1. The molecule has 0 bridgehead atoms. The zero-order chi connectivity index (χ0) is 23.3. The first-order valence-corrected chi connectivity index (χ1v) is 13.1. The van der Waals surface area contributed by atoms with E-state index in [1.165, 1.54) is 22.4 Å². The first kappa shape index (κ1) is 21.6. The third-order valence-corrected chi connectivity index (χ3v) is 9.59. The number of ether oxygens (including phenoxy) is 1. The molecule has 1 saturated heterocycles. The summed E-state index contributed by atoms with van der Waals surface area (Å²) >= 11 is 1.96. The van der Waals surface area contributed by atoms with Gasteiger partial charge in [0.2, 0.25) is 0 Å². The van der Waals surface area contributed by atoms with Gasteiger partial charge in [0.05, 0.1) is 0 Å². The molecule has 3 heterocycles. The summed E-state index contributed by atoms with van der Waals surface area (Å²) in [5.41, 5.74) is 5.64. The minimum atomic E-state index is -0.310. The number of rotatable bonds is 4. The van der Waals surface area contributed by atoms with E-state index in [1.54, 1.807) is 12.1 Å². The summed E-state index contributed by atoms with van der Waals surface area (Å²) in [6, 6.07) is 13.9. The van der Waals surface area contributed by atoms with Gasteiger partial charge in [-0.3, -0.25) is 0 Å². The molecular formula is C29H29NO3S. The largest absolute Gasteiger partial charge is 0.508 e. The molecule has 1 aliphatic carbocycles. The summed E-state index contributed by atoms with van der Waals surface area (Å²) in [6.45, 7) is 3.24. The van der Waals surface area contributed by atoms with Crippen molar-refractivity contribution < 1.29 is 14.6 Å². The lowest BCUT2D eigenvalue weighted by molar-refractivity contribution is -0.108. The number of hydrogen-bond acceptors (Lipinski definition) is 5. The van der Waals surface area contributed by atoms with E-state index >= 15 is 0 Å². The zero-order valence-electron chi connectivity index (χ0n) is 19.4. The fraction of sp³-hybridized carbons (Fsp3) is 0.345. The third-order valence-electron chi connectivity index (χ3n) is 7.85. The molecule has 4 nitrogen and oxygen atoms in total. The van der Waals surface area contributed by atoms with Crippen LogP contribution in [-0.4, -0.2) is 28.6 Å². The smallest absolute Gasteiger partial charge is 0.138 e. The highest BCUT2D eigenvalue weighted by Gasteiger charge is 2.59. The van der Waals surface area contributed by atoms with Crippen LogP contribution in [0.4, 0.5) is 5.69 Å². The maximum absolute atomic E-state index is 11.9. The van der Waals surface area contributed by atoms with Crippen molar-refractivity contribution >= 4 is 29.8 Å². The Balaban J connectivity index is 1.45. The summed E-state index contributed by atoms with van der Waals surface area (Å²) in [4.78, 5) is 14.1. The van der Waals surface area contributed by atoms with E-state index in [4.69, 9.17) is 4.74 Å². The SMILES string of the molecule is CC1(CC=O)c2ccccc2N2CCCSC21/C=C/C1=C2Oc3cc(O)ccc3C=C2CCC1. The molecule has 3 aliphatic heterocycles. The number of aldehydes is 1. The maximum Gasteiger partial charge on any atom is 0.138 e. The number of nitrogens with zero attached hydrogens (tertiary/aromatic N) is 1. The van der Waals surface area contributed by atoms with Crippen molar-refractivity contribution in [2.24, 2.45) is 0 Å². The van der Waals surface area contributed by atoms with Gasteiger partial charge in [0, 0.05) is 35.7 Å². The van der Waals surface area contributed by atoms with Crippen molar-refractivity contribution in [3.05, 3.63) is 82.6 Å². The van der Waals surface area contributed by atoms with Crippen LogP contribution >= 0.6 is 11.8 Å². The highest BCUT2D eigenvalue weighted by molar-refractivity contribution is 8.01. The van der Waals surface area contributed by atoms with Gasteiger partial charge in [0.1, 0.15) is 28.4 Å². The molecule has 6 rings (SSSR count). The van der Waals surface area contributed by atoms with Crippen molar-refractivity contribution in [2.75, 3.05) is 17.2 Å². The topological polar surface area (TPSA) is 49.8 Å². The van der Waals surface area contributed by atoms with Crippen molar-refractivity contribution in [1.82, 2.24) is 0 Å². The van der Waals surface area contributed by atoms with E-state index in [2.05, 4.69) is 54.3 Å². The van der Waals surface area contributed by atoms with Crippen LogP contribution in [0.5, 0.6) is 11.5 Å². The van der Waals surface area contributed by atoms with Crippen LogP contribution in [-0.2, 0) is 10.2 Å². The van der Waals surface area contributed by atoms with Gasteiger partial charge in [-0.25, -0.2) is 0 Å². The van der Waals surface area contributed by atoms with Gasteiger partial charge < -0.3 is 19.5 Å². The van der Waals surface area contributed by atoms with E-state index in [9.17, 15) is 9.90 Å². The molecular weight excluding hydrogens is 442 g/mol. The molecule has 4 aliphatic rings. The summed E-state index contributed by atoms with van der Waals surface area (Å²) in [5.74, 6) is 2.92. The van der Waals surface area contributed by atoms with E-state index < -0.39 is 0 Å². The minimum Gasteiger partial charge on any atom is -0.508 e. The van der Waals surface area contributed by atoms with E-state index in [1.807, 2.05) is 17.8 Å². The second-order valence-corrected chi connectivity index (χ2v) is 11.1. The number of fused-ring (bicyclic) bond motifs is 5. The second kappa shape index (κ2) is 8.09. The van der Waals surface area contributed by atoms with Gasteiger partial charge in [-0.2, -0.15) is 0 Å². The molecule has 0 saturated carbocycles. The Morgan fingerprint density at radius 1 is 1.18 bits per heavy atom. The average molecular weight is 472 g/mol. The van der Waals surface area contributed by atoms with Gasteiger partial charge in [-0.1, -0.05) is 31.2 Å². The number of thioether (sulfide) groups is 1. The monoisotopic (exact) mass is 471 g/mol. The quantitative estimate of drug-likeness (QED) is 0.526. The maximum atomic E-state index is 11.9. The standard InChI is InChI=1S/C29H29NO3S/c1-28(14-16-31)24-8-2-3-9-25(24)30-15-5-17-34-29(28,30)13-12-20-6-4-7-22-18-21-10-11-23(32)19-26(21)33-27(20)22/h2-3,8-13,16,18-19,32H,4-7,14-15,17H2,1H3/b13-12+. The number of anilines is 1. The Labute approximate surface area is 205 Å². The first-order chi connectivity index (χ1) is 16.6. The molecule has 0 radical (unpaired) electrons. The number of hydrogen-bond donors (Lipinski definition) is 1. The normalized spacial score (nSPS) is 27.4. The predicted molar refractivity (Wildman–Crippen MR) is 138 cm³/mol. The van der Waals surface area contributed by atoms with Crippen LogP contribution in [0, 0.1) is 0 Å². The lowest BCUT2D eigenvalue weighted by Crippen LogP contribution is -2.55. The molecule has 2 atom stereocenters. The lowest BCUT2D eigenvalue weighted by atomic mass is 9.75. The highest BCUT2D eigenvalue weighted by atomic mass is 32.2. The summed E-state index contributed by atoms with van der Waals surface area (Å²) in [7, 11) is 0. The van der Waals surface area contributed by atoms with Crippen molar-refractivity contribution in [1.29, 1.82) is 0 Å². The van der Waals surface area contributed by atoms with Crippen LogP contribution in [0.2, 0.25) is 0 Å². The molecule has 2 aromatic rings. The first-order valence-electron chi connectivity index (χ1n) is 12.1. The van der Waals surface area contributed by atoms with Gasteiger partial charge >= 0.3 is 0 Å².